The lowest BCUT2D eigenvalue weighted by Gasteiger charge is -2.44. The third kappa shape index (κ3) is 5.66. The topological polar surface area (TPSA) is 59.7 Å². The number of piperazine rings is 1. The van der Waals surface area contributed by atoms with Gasteiger partial charge in [0.1, 0.15) is 12.4 Å². The van der Waals surface area contributed by atoms with Crippen LogP contribution in [0.5, 0.6) is 5.75 Å². The molecular formula is C27H28ClN3O2. The maximum Gasteiger partial charge on any atom is 0.119 e. The van der Waals surface area contributed by atoms with Crippen molar-refractivity contribution in [2.45, 2.75) is 19.5 Å². The van der Waals surface area contributed by atoms with Crippen molar-refractivity contribution in [1.82, 2.24) is 4.90 Å². The van der Waals surface area contributed by atoms with E-state index in [0.29, 0.717) is 12.2 Å². The summed E-state index contributed by atoms with van der Waals surface area (Å²) in [6.07, 6.45) is 0. The third-order valence-electron chi connectivity index (χ3n) is 6.05. The van der Waals surface area contributed by atoms with E-state index in [1.165, 1.54) is 16.8 Å². The van der Waals surface area contributed by atoms with Gasteiger partial charge in [-0.25, -0.2) is 0 Å². The molecule has 0 unspecified atom stereocenters. The number of aliphatic hydroxyl groups is 1. The lowest BCUT2D eigenvalue weighted by atomic mass is 9.99. The molecule has 1 heterocycles. The lowest BCUT2D eigenvalue weighted by molar-refractivity contribution is 0.201. The molecule has 4 rings (SSSR count). The first-order valence-electron chi connectivity index (χ1n) is 11.1. The van der Waals surface area contributed by atoms with Crippen molar-refractivity contribution < 1.29 is 9.84 Å². The van der Waals surface area contributed by atoms with Crippen LogP contribution in [-0.4, -0.2) is 42.9 Å². The number of anilines is 1. The molecule has 0 bridgehead atoms. The number of nitriles is 1. The Labute approximate surface area is 200 Å². The highest BCUT2D eigenvalue weighted by molar-refractivity contribution is 6.30. The SMILES string of the molecule is Cc1cc(OCCO)ccc1N1CCN(Cc2ccc(C#N)cc2)C[C@H]1c1ccc(Cl)cc1. The standard InChI is InChI=1S/C27H28ClN3O2/c1-20-16-25(33-15-14-32)10-11-26(20)31-13-12-30(18-22-4-2-21(17-29)3-5-22)19-27(31)23-6-8-24(28)9-7-23/h2-11,16,27,32H,12-15,18-19H2,1H3/t27-/m0/s1. The first-order valence-corrected chi connectivity index (χ1v) is 11.5. The molecule has 1 saturated heterocycles. The number of halogens is 1. The zero-order valence-electron chi connectivity index (χ0n) is 18.7. The number of benzene rings is 3. The summed E-state index contributed by atoms with van der Waals surface area (Å²) in [5.41, 5.74) is 5.45. The fraction of sp³-hybridized carbons (Fsp3) is 0.296. The van der Waals surface area contributed by atoms with Crippen LogP contribution in [0.4, 0.5) is 5.69 Å². The summed E-state index contributed by atoms with van der Waals surface area (Å²) in [7, 11) is 0. The number of hydrogen-bond donors (Lipinski definition) is 1. The van der Waals surface area contributed by atoms with E-state index in [4.69, 9.17) is 26.7 Å². The van der Waals surface area contributed by atoms with Gasteiger partial charge >= 0.3 is 0 Å². The highest BCUT2D eigenvalue weighted by Gasteiger charge is 2.29. The maximum absolute atomic E-state index is 9.06. The number of nitrogens with zero attached hydrogens (tertiary/aromatic N) is 3. The molecule has 1 fully saturated rings. The van der Waals surface area contributed by atoms with Crippen molar-refractivity contribution in [3.63, 3.8) is 0 Å². The van der Waals surface area contributed by atoms with Crippen molar-refractivity contribution >= 4 is 17.3 Å². The van der Waals surface area contributed by atoms with E-state index in [9.17, 15) is 0 Å². The molecule has 0 spiro atoms. The second kappa shape index (κ2) is 10.7. The van der Waals surface area contributed by atoms with Crippen LogP contribution in [0.3, 0.4) is 0 Å². The van der Waals surface area contributed by atoms with Crippen LogP contribution in [0.2, 0.25) is 5.02 Å². The van der Waals surface area contributed by atoms with Crippen molar-refractivity contribution in [2.75, 3.05) is 37.7 Å². The molecule has 3 aromatic rings. The van der Waals surface area contributed by atoms with E-state index in [2.05, 4.69) is 41.0 Å². The van der Waals surface area contributed by atoms with Crippen LogP contribution in [0.1, 0.15) is 28.3 Å². The molecule has 1 N–H and O–H groups in total. The van der Waals surface area contributed by atoms with Crippen LogP contribution in [0, 0.1) is 18.3 Å². The minimum atomic E-state index is 0.000633. The van der Waals surface area contributed by atoms with Gasteiger partial charge in [0.25, 0.3) is 0 Å². The average Bonchev–Trinajstić information content (AvgIpc) is 2.84. The number of aryl methyl sites for hydroxylation is 1. The minimum absolute atomic E-state index is 0.000633. The Balaban J connectivity index is 1.58. The first kappa shape index (κ1) is 23.1. The Hall–Kier alpha value is -3.04. The first-order chi connectivity index (χ1) is 16.1. The molecule has 3 aromatic carbocycles. The Morgan fingerprint density at radius 1 is 1.06 bits per heavy atom. The van der Waals surface area contributed by atoms with E-state index in [0.717, 1.165) is 42.5 Å². The van der Waals surface area contributed by atoms with Crippen molar-refractivity contribution in [1.29, 1.82) is 5.26 Å². The van der Waals surface area contributed by atoms with Crippen LogP contribution in [0.25, 0.3) is 0 Å². The largest absolute Gasteiger partial charge is 0.491 e. The summed E-state index contributed by atoms with van der Waals surface area (Å²) in [4.78, 5) is 4.93. The predicted molar refractivity (Wildman–Crippen MR) is 132 cm³/mol. The van der Waals surface area contributed by atoms with Gasteiger partial charge in [0, 0.05) is 36.9 Å². The average molecular weight is 462 g/mol. The zero-order valence-corrected chi connectivity index (χ0v) is 19.5. The molecule has 6 heteroatoms. The van der Waals surface area contributed by atoms with Gasteiger partial charge in [-0.1, -0.05) is 35.9 Å². The Morgan fingerprint density at radius 2 is 1.82 bits per heavy atom. The smallest absolute Gasteiger partial charge is 0.119 e. The van der Waals surface area contributed by atoms with Crippen molar-refractivity contribution in [3.05, 3.63) is 94.0 Å². The van der Waals surface area contributed by atoms with Crippen LogP contribution < -0.4 is 9.64 Å². The molecule has 0 amide bonds. The van der Waals surface area contributed by atoms with E-state index >= 15 is 0 Å². The summed E-state index contributed by atoms with van der Waals surface area (Å²) in [6, 6.07) is 24.4. The normalized spacial score (nSPS) is 16.4. The van der Waals surface area contributed by atoms with E-state index in [1.807, 2.05) is 48.5 Å². The molecule has 1 atom stereocenters. The molecular weight excluding hydrogens is 434 g/mol. The van der Waals surface area contributed by atoms with Gasteiger partial charge in [0.2, 0.25) is 0 Å². The van der Waals surface area contributed by atoms with Crippen LogP contribution in [-0.2, 0) is 6.54 Å². The molecule has 0 aromatic heterocycles. The molecule has 1 aliphatic heterocycles. The van der Waals surface area contributed by atoms with E-state index < -0.39 is 0 Å². The van der Waals surface area contributed by atoms with Crippen LogP contribution >= 0.6 is 11.6 Å². The van der Waals surface area contributed by atoms with Crippen LogP contribution in [0.15, 0.2) is 66.7 Å². The van der Waals surface area contributed by atoms with Gasteiger partial charge in [-0.05, 0) is 66.1 Å². The zero-order chi connectivity index (χ0) is 23.2. The predicted octanol–water partition coefficient (Wildman–Crippen LogP) is 4.95. The molecule has 33 heavy (non-hydrogen) atoms. The van der Waals surface area contributed by atoms with Gasteiger partial charge in [0.05, 0.1) is 24.3 Å². The summed E-state index contributed by atoms with van der Waals surface area (Å²) < 4.78 is 5.59. The second-order valence-electron chi connectivity index (χ2n) is 8.32. The fourth-order valence-electron chi connectivity index (χ4n) is 4.39. The quantitative estimate of drug-likeness (QED) is 0.539. The summed E-state index contributed by atoms with van der Waals surface area (Å²) in [5, 5.41) is 18.8. The molecule has 1 aliphatic rings. The summed E-state index contributed by atoms with van der Waals surface area (Å²) >= 11 is 6.17. The van der Waals surface area contributed by atoms with Crippen molar-refractivity contribution in [2.24, 2.45) is 0 Å². The number of aliphatic hydroxyl groups excluding tert-OH is 1. The minimum Gasteiger partial charge on any atom is -0.491 e. The maximum atomic E-state index is 9.06. The summed E-state index contributed by atoms with van der Waals surface area (Å²) in [5.74, 6) is 0.771. The molecule has 0 radical (unpaired) electrons. The van der Waals surface area contributed by atoms with Gasteiger partial charge in [-0.3, -0.25) is 4.90 Å². The number of hydrogen-bond acceptors (Lipinski definition) is 5. The Kier molecular flexibility index (Phi) is 7.51. The fourth-order valence-corrected chi connectivity index (χ4v) is 4.51. The third-order valence-corrected chi connectivity index (χ3v) is 6.30. The Morgan fingerprint density at radius 3 is 2.48 bits per heavy atom. The van der Waals surface area contributed by atoms with Gasteiger partial charge in [0.15, 0.2) is 0 Å². The Bertz CT molecular complexity index is 1110. The number of ether oxygens (including phenoxy) is 1. The summed E-state index contributed by atoms with van der Waals surface area (Å²) in [6.45, 7) is 5.94. The van der Waals surface area contributed by atoms with Gasteiger partial charge in [-0.2, -0.15) is 5.26 Å². The lowest BCUT2D eigenvalue weighted by Crippen LogP contribution is -2.48. The van der Waals surface area contributed by atoms with Gasteiger partial charge < -0.3 is 14.7 Å². The van der Waals surface area contributed by atoms with E-state index in [1.54, 1.807) is 0 Å². The number of rotatable bonds is 7. The second-order valence-corrected chi connectivity index (χ2v) is 8.76. The van der Waals surface area contributed by atoms with Gasteiger partial charge in [-0.15, -0.1) is 0 Å². The molecule has 0 saturated carbocycles. The van der Waals surface area contributed by atoms with E-state index in [-0.39, 0.29) is 12.6 Å². The van der Waals surface area contributed by atoms with Crippen molar-refractivity contribution in [3.8, 4) is 11.8 Å². The molecule has 5 nitrogen and oxygen atoms in total. The highest BCUT2D eigenvalue weighted by atomic mass is 35.5. The highest BCUT2D eigenvalue weighted by Crippen LogP contribution is 2.35. The monoisotopic (exact) mass is 461 g/mol. The molecule has 0 aliphatic carbocycles. The molecule has 170 valence electrons.